The zero-order valence-electron chi connectivity index (χ0n) is 28.8. The largest absolute Gasteiger partial charge is 0.378 e. The van der Waals surface area contributed by atoms with Crippen LogP contribution in [0, 0.1) is 11.3 Å². The summed E-state index contributed by atoms with van der Waals surface area (Å²) < 4.78 is 6.57. The molecule has 4 aromatic carbocycles. The van der Waals surface area contributed by atoms with Crippen LogP contribution in [0.5, 0.6) is 0 Å². The van der Waals surface area contributed by atoms with Gasteiger partial charge in [-0.3, -0.25) is 9.89 Å². The Morgan fingerprint density at radius 1 is 0.766 bits per heavy atom. The third kappa shape index (κ3) is 8.05. The van der Waals surface area contributed by atoms with E-state index in [4.69, 9.17) is 4.74 Å². The summed E-state index contributed by atoms with van der Waals surface area (Å²) in [5, 5.41) is 0. The number of ether oxygens (including phenoxy) is 1. The third-order valence-electron chi connectivity index (χ3n) is 10.1. The van der Waals surface area contributed by atoms with Crippen LogP contribution in [0.15, 0.2) is 114 Å². The normalized spacial score (nSPS) is 16.2. The van der Waals surface area contributed by atoms with Crippen LogP contribution in [-0.4, -0.2) is 50.5 Å². The van der Waals surface area contributed by atoms with Gasteiger partial charge in [-0.1, -0.05) is 118 Å². The second-order valence-corrected chi connectivity index (χ2v) is 14.8. The first-order valence-electron chi connectivity index (χ1n) is 17.7. The summed E-state index contributed by atoms with van der Waals surface area (Å²) in [5.41, 5.74) is 7.37. The van der Waals surface area contributed by atoms with E-state index in [1.54, 1.807) is 0 Å². The van der Waals surface area contributed by atoms with Crippen molar-refractivity contribution in [3.63, 3.8) is 0 Å². The number of anilines is 1. The van der Waals surface area contributed by atoms with Crippen LogP contribution < -0.4 is 4.90 Å². The Labute approximate surface area is 283 Å². The Morgan fingerprint density at radius 2 is 1.32 bits per heavy atom. The van der Waals surface area contributed by atoms with E-state index in [1.807, 2.05) is 0 Å². The zero-order valence-corrected chi connectivity index (χ0v) is 28.8. The number of rotatable bonds is 14. The highest BCUT2D eigenvalue weighted by molar-refractivity contribution is 5.70. The minimum absolute atomic E-state index is 0.258. The smallest absolute Gasteiger partial charge is 0.0972 e. The molecule has 4 aromatic rings. The average molecular weight is 628 g/mol. The highest BCUT2D eigenvalue weighted by Gasteiger charge is 2.43. The van der Waals surface area contributed by atoms with Gasteiger partial charge in [0.1, 0.15) is 0 Å². The van der Waals surface area contributed by atoms with E-state index in [2.05, 4.69) is 151 Å². The lowest BCUT2D eigenvalue weighted by Gasteiger charge is -2.48. The molecule has 1 saturated heterocycles. The lowest BCUT2D eigenvalue weighted by atomic mass is 9.74. The first-order chi connectivity index (χ1) is 22.9. The topological polar surface area (TPSA) is 28.1 Å². The zero-order chi connectivity index (χ0) is 32.7. The first-order valence-corrected chi connectivity index (χ1v) is 17.7. The van der Waals surface area contributed by atoms with E-state index >= 15 is 0 Å². The molecule has 4 nitrogen and oxygen atoms in total. The van der Waals surface area contributed by atoms with Crippen LogP contribution in [-0.2, 0) is 16.7 Å². The molecule has 0 aromatic heterocycles. The molecule has 246 valence electrons. The Morgan fingerprint density at radius 3 is 1.81 bits per heavy atom. The lowest BCUT2D eigenvalue weighted by molar-refractivity contribution is -0.00829. The molecule has 2 aliphatic rings. The fraction of sp³-hybridized carbons (Fsp3) is 0.419. The standard InChI is InChI=1S/C43H53N3O/c1-42(2,3)27-30-45(33-35-20-21-35)41-23-22-34(32-40(41)44-4)26-31-47-39-24-28-46(29-25-39)43(36-14-8-5-9-15-36,37-16-10-6-11-17-37)38-18-12-7-13-19-38/h5-19,22-23,32,35,39H,4,20-21,24-31,33H2,1-3H3. The van der Waals surface area contributed by atoms with Gasteiger partial charge in [0.2, 0.25) is 0 Å². The highest BCUT2D eigenvalue weighted by Crippen LogP contribution is 2.44. The Hall–Kier alpha value is -3.73. The second-order valence-electron chi connectivity index (χ2n) is 14.8. The molecule has 0 unspecified atom stereocenters. The molecule has 2 fully saturated rings. The molecule has 6 rings (SSSR count). The summed E-state index contributed by atoms with van der Waals surface area (Å²) in [5.74, 6) is 0.824. The summed E-state index contributed by atoms with van der Waals surface area (Å²) in [6.07, 6.45) is 7.02. The molecule has 47 heavy (non-hydrogen) atoms. The molecule has 0 N–H and O–H groups in total. The summed E-state index contributed by atoms with van der Waals surface area (Å²) >= 11 is 0. The fourth-order valence-electron chi connectivity index (χ4n) is 7.30. The Balaban J connectivity index is 1.12. The van der Waals surface area contributed by atoms with Crippen molar-refractivity contribution in [3.8, 4) is 0 Å². The van der Waals surface area contributed by atoms with Crippen LogP contribution in [0.3, 0.4) is 0 Å². The van der Waals surface area contributed by atoms with Gasteiger partial charge in [0.05, 0.1) is 29.6 Å². The molecular formula is C43H53N3O. The highest BCUT2D eigenvalue weighted by atomic mass is 16.5. The van der Waals surface area contributed by atoms with E-state index in [-0.39, 0.29) is 11.6 Å². The van der Waals surface area contributed by atoms with E-state index < -0.39 is 0 Å². The van der Waals surface area contributed by atoms with Crippen LogP contribution in [0.25, 0.3) is 0 Å². The monoisotopic (exact) mass is 627 g/mol. The van der Waals surface area contributed by atoms with Gasteiger partial charge in [0.25, 0.3) is 0 Å². The number of likely N-dealkylation sites (tertiary alicyclic amines) is 1. The molecule has 1 aliphatic carbocycles. The van der Waals surface area contributed by atoms with Crippen LogP contribution >= 0.6 is 0 Å². The van der Waals surface area contributed by atoms with E-state index in [1.165, 1.54) is 40.8 Å². The fourth-order valence-corrected chi connectivity index (χ4v) is 7.30. The number of aliphatic imine (C=N–C) groups is 1. The SMILES string of the molecule is C=Nc1cc(CCOC2CCN(C(c3ccccc3)(c3ccccc3)c3ccccc3)CC2)ccc1N(CCC(C)(C)C)CC1CC1. The molecule has 0 bridgehead atoms. The van der Waals surface area contributed by atoms with Gasteiger partial charge in [-0.2, -0.15) is 0 Å². The van der Waals surface area contributed by atoms with Gasteiger partial charge in [0.15, 0.2) is 0 Å². The van der Waals surface area contributed by atoms with Crippen molar-refractivity contribution in [1.82, 2.24) is 4.90 Å². The number of benzene rings is 4. The molecule has 0 radical (unpaired) electrons. The molecule has 4 heteroatoms. The van der Waals surface area contributed by atoms with Gasteiger partial charge in [0, 0.05) is 26.2 Å². The molecule has 1 saturated carbocycles. The maximum absolute atomic E-state index is 6.57. The molecule has 1 heterocycles. The Kier molecular flexibility index (Phi) is 10.6. The predicted molar refractivity (Wildman–Crippen MR) is 198 cm³/mol. The van der Waals surface area contributed by atoms with Crippen LogP contribution in [0.4, 0.5) is 11.4 Å². The predicted octanol–water partition coefficient (Wildman–Crippen LogP) is 9.69. The number of nitrogens with zero attached hydrogens (tertiary/aromatic N) is 3. The van der Waals surface area contributed by atoms with Gasteiger partial charge in [-0.15, -0.1) is 0 Å². The molecular weight excluding hydrogens is 574 g/mol. The number of piperidine rings is 1. The maximum atomic E-state index is 6.57. The van der Waals surface area contributed by atoms with Crippen molar-refractivity contribution in [3.05, 3.63) is 131 Å². The summed E-state index contributed by atoms with van der Waals surface area (Å²) in [6, 6.07) is 39.9. The van der Waals surface area contributed by atoms with E-state index in [0.717, 1.165) is 70.1 Å². The quantitative estimate of drug-likeness (QED) is 0.103. The number of hydrogen-bond acceptors (Lipinski definition) is 4. The molecule has 0 amide bonds. The van der Waals surface area contributed by atoms with Gasteiger partial charge >= 0.3 is 0 Å². The summed E-state index contributed by atoms with van der Waals surface area (Å²) in [6.45, 7) is 15.8. The molecule has 1 aliphatic heterocycles. The van der Waals surface area contributed by atoms with E-state index in [0.29, 0.717) is 5.41 Å². The maximum Gasteiger partial charge on any atom is 0.0972 e. The van der Waals surface area contributed by atoms with Crippen molar-refractivity contribution in [2.45, 2.75) is 70.9 Å². The van der Waals surface area contributed by atoms with Crippen molar-refractivity contribution in [2.75, 3.05) is 37.7 Å². The van der Waals surface area contributed by atoms with Gasteiger partial charge < -0.3 is 9.64 Å². The van der Waals surface area contributed by atoms with E-state index in [9.17, 15) is 0 Å². The minimum Gasteiger partial charge on any atom is -0.378 e. The van der Waals surface area contributed by atoms with Crippen molar-refractivity contribution >= 4 is 18.1 Å². The molecule has 0 spiro atoms. The average Bonchev–Trinajstić information content (AvgIpc) is 3.93. The Bertz CT molecular complexity index is 1450. The van der Waals surface area contributed by atoms with Gasteiger partial charge in [-0.25, -0.2) is 0 Å². The van der Waals surface area contributed by atoms with Gasteiger partial charge in [-0.05, 0) is 91.0 Å². The second kappa shape index (κ2) is 15.0. The third-order valence-corrected chi connectivity index (χ3v) is 10.1. The molecule has 0 atom stereocenters. The van der Waals surface area contributed by atoms with Crippen molar-refractivity contribution in [2.24, 2.45) is 16.3 Å². The summed E-state index contributed by atoms with van der Waals surface area (Å²) in [4.78, 5) is 9.73. The van der Waals surface area contributed by atoms with Crippen LogP contribution in [0.2, 0.25) is 0 Å². The summed E-state index contributed by atoms with van der Waals surface area (Å²) in [7, 11) is 0. The first kappa shape index (κ1) is 33.2. The van der Waals surface area contributed by atoms with Crippen molar-refractivity contribution < 1.29 is 4.74 Å². The lowest BCUT2D eigenvalue weighted by Crippen LogP contribution is -2.52. The minimum atomic E-state index is -0.356. The van der Waals surface area contributed by atoms with Crippen LogP contribution in [0.1, 0.15) is 75.1 Å². The number of hydrogen-bond donors (Lipinski definition) is 0. The van der Waals surface area contributed by atoms with Crippen molar-refractivity contribution in [1.29, 1.82) is 0 Å².